The van der Waals surface area contributed by atoms with E-state index in [0.717, 1.165) is 43.9 Å². The monoisotopic (exact) mass is 277 g/mol. The molecule has 20 heavy (non-hydrogen) atoms. The highest BCUT2D eigenvalue weighted by Gasteiger charge is 2.17. The predicted octanol–water partition coefficient (Wildman–Crippen LogP) is 3.19. The van der Waals surface area contributed by atoms with Gasteiger partial charge in [0, 0.05) is 25.3 Å². The lowest BCUT2D eigenvalue weighted by Crippen LogP contribution is -2.37. The first-order valence-corrected chi connectivity index (χ1v) is 7.46. The van der Waals surface area contributed by atoms with Crippen molar-refractivity contribution in [2.24, 2.45) is 0 Å². The first-order chi connectivity index (χ1) is 9.65. The van der Waals surface area contributed by atoms with Crippen molar-refractivity contribution in [3.8, 4) is 0 Å². The van der Waals surface area contributed by atoms with Crippen LogP contribution in [0.2, 0.25) is 0 Å². The van der Waals surface area contributed by atoms with Gasteiger partial charge in [0.05, 0.1) is 0 Å². The van der Waals surface area contributed by atoms with E-state index in [1.807, 2.05) is 49.9 Å². The Balaban J connectivity index is 0.000000956. The molecule has 1 aliphatic heterocycles. The minimum absolute atomic E-state index is 0.0101. The van der Waals surface area contributed by atoms with Crippen LogP contribution in [0, 0.1) is 6.92 Å². The maximum Gasteiger partial charge on any atom is 0.321 e. The molecule has 112 valence electrons. The predicted molar refractivity (Wildman–Crippen MR) is 85.2 cm³/mol. The van der Waals surface area contributed by atoms with E-state index >= 15 is 0 Å². The third-order valence-corrected chi connectivity index (χ3v) is 3.28. The van der Waals surface area contributed by atoms with E-state index in [1.54, 1.807) is 0 Å². The van der Waals surface area contributed by atoms with E-state index in [-0.39, 0.29) is 6.03 Å². The molecule has 0 radical (unpaired) electrons. The SMILES string of the molecule is CC.Cc1cccc(NC(=O)N2CCCN(C)CC2)c1. The van der Waals surface area contributed by atoms with Crippen molar-refractivity contribution in [1.29, 1.82) is 0 Å². The number of urea groups is 1. The number of likely N-dealkylation sites (N-methyl/N-ethyl adjacent to an activating group) is 1. The Labute approximate surface area is 122 Å². The van der Waals surface area contributed by atoms with Gasteiger partial charge < -0.3 is 15.1 Å². The number of amides is 2. The molecule has 1 aromatic rings. The van der Waals surface area contributed by atoms with Gasteiger partial charge in [-0.2, -0.15) is 0 Å². The molecule has 0 saturated carbocycles. The molecule has 1 heterocycles. The number of carbonyl (C=O) groups is 1. The lowest BCUT2D eigenvalue weighted by molar-refractivity contribution is 0.213. The second kappa shape index (κ2) is 8.59. The number of nitrogens with zero attached hydrogens (tertiary/aromatic N) is 2. The van der Waals surface area contributed by atoms with Crippen molar-refractivity contribution in [2.45, 2.75) is 27.2 Å². The molecule has 2 amide bonds. The molecule has 1 saturated heterocycles. The average molecular weight is 277 g/mol. The van der Waals surface area contributed by atoms with Crippen LogP contribution >= 0.6 is 0 Å². The summed E-state index contributed by atoms with van der Waals surface area (Å²) >= 11 is 0. The number of benzene rings is 1. The third-order valence-electron chi connectivity index (χ3n) is 3.28. The van der Waals surface area contributed by atoms with Gasteiger partial charge in [-0.25, -0.2) is 4.79 Å². The zero-order valence-electron chi connectivity index (χ0n) is 13.1. The van der Waals surface area contributed by atoms with Crippen molar-refractivity contribution in [1.82, 2.24) is 9.80 Å². The molecule has 4 nitrogen and oxygen atoms in total. The van der Waals surface area contributed by atoms with Crippen molar-refractivity contribution in [2.75, 3.05) is 38.5 Å². The molecular weight excluding hydrogens is 250 g/mol. The summed E-state index contributed by atoms with van der Waals surface area (Å²) in [6.45, 7) is 9.67. The Kier molecular flexibility index (Phi) is 7.09. The van der Waals surface area contributed by atoms with Gasteiger partial charge in [0.25, 0.3) is 0 Å². The third kappa shape index (κ3) is 5.21. The summed E-state index contributed by atoms with van der Waals surface area (Å²) < 4.78 is 0. The Hall–Kier alpha value is -1.55. The van der Waals surface area contributed by atoms with Crippen LogP contribution in [0.3, 0.4) is 0 Å². The van der Waals surface area contributed by atoms with Gasteiger partial charge in [-0.05, 0) is 44.6 Å². The van der Waals surface area contributed by atoms with Crippen LogP contribution in [0.5, 0.6) is 0 Å². The molecule has 0 spiro atoms. The lowest BCUT2D eigenvalue weighted by atomic mass is 10.2. The van der Waals surface area contributed by atoms with E-state index in [2.05, 4.69) is 17.3 Å². The van der Waals surface area contributed by atoms with E-state index < -0.39 is 0 Å². The summed E-state index contributed by atoms with van der Waals surface area (Å²) in [5.41, 5.74) is 2.03. The Morgan fingerprint density at radius 3 is 2.60 bits per heavy atom. The first-order valence-electron chi connectivity index (χ1n) is 7.46. The molecule has 1 aromatic carbocycles. The molecule has 0 aromatic heterocycles. The zero-order valence-corrected chi connectivity index (χ0v) is 13.1. The van der Waals surface area contributed by atoms with Crippen LogP contribution in [0.4, 0.5) is 10.5 Å². The maximum absolute atomic E-state index is 12.1. The van der Waals surface area contributed by atoms with Gasteiger partial charge in [-0.15, -0.1) is 0 Å². The first kappa shape index (κ1) is 16.5. The van der Waals surface area contributed by atoms with E-state index in [1.165, 1.54) is 0 Å². The molecule has 1 fully saturated rings. The summed E-state index contributed by atoms with van der Waals surface area (Å²) in [6.07, 6.45) is 1.04. The quantitative estimate of drug-likeness (QED) is 0.855. The van der Waals surface area contributed by atoms with E-state index in [4.69, 9.17) is 0 Å². The second-order valence-corrected chi connectivity index (χ2v) is 4.94. The highest BCUT2D eigenvalue weighted by molar-refractivity contribution is 5.89. The van der Waals surface area contributed by atoms with Crippen LogP contribution in [-0.4, -0.2) is 49.1 Å². The number of carbonyl (C=O) groups excluding carboxylic acids is 1. The number of anilines is 1. The average Bonchev–Trinajstić information content (AvgIpc) is 2.66. The van der Waals surface area contributed by atoms with Crippen molar-refractivity contribution < 1.29 is 4.79 Å². The van der Waals surface area contributed by atoms with Crippen molar-refractivity contribution in [3.63, 3.8) is 0 Å². The Bertz CT molecular complexity index is 420. The smallest absolute Gasteiger partial charge is 0.321 e. The fourth-order valence-corrected chi connectivity index (χ4v) is 2.17. The van der Waals surface area contributed by atoms with Gasteiger partial charge in [-0.3, -0.25) is 0 Å². The zero-order chi connectivity index (χ0) is 15.0. The van der Waals surface area contributed by atoms with E-state index in [9.17, 15) is 4.79 Å². The normalized spacial score (nSPS) is 15.9. The van der Waals surface area contributed by atoms with Crippen LogP contribution in [-0.2, 0) is 0 Å². The van der Waals surface area contributed by atoms with Crippen molar-refractivity contribution >= 4 is 11.7 Å². The number of aryl methyl sites for hydroxylation is 1. The maximum atomic E-state index is 12.1. The molecule has 1 aliphatic rings. The standard InChI is InChI=1S/C14H21N3O.C2H6/c1-12-5-3-6-13(11-12)15-14(18)17-8-4-7-16(2)9-10-17;1-2/h3,5-6,11H,4,7-10H2,1-2H3,(H,15,18);1-2H3. The minimum atomic E-state index is 0.0101. The van der Waals surface area contributed by atoms with Gasteiger partial charge in [0.15, 0.2) is 0 Å². The van der Waals surface area contributed by atoms with Gasteiger partial charge in [-0.1, -0.05) is 26.0 Å². The van der Waals surface area contributed by atoms with Gasteiger partial charge in [0.2, 0.25) is 0 Å². The molecule has 2 rings (SSSR count). The molecular formula is C16H27N3O. The molecule has 0 bridgehead atoms. The lowest BCUT2D eigenvalue weighted by Gasteiger charge is -2.21. The number of hydrogen-bond donors (Lipinski definition) is 1. The fourth-order valence-electron chi connectivity index (χ4n) is 2.17. The van der Waals surface area contributed by atoms with Crippen LogP contribution in [0.1, 0.15) is 25.8 Å². The summed E-state index contributed by atoms with van der Waals surface area (Å²) in [6, 6.07) is 7.91. The molecule has 0 aliphatic carbocycles. The molecule has 4 heteroatoms. The van der Waals surface area contributed by atoms with Crippen LogP contribution in [0.25, 0.3) is 0 Å². The number of hydrogen-bond acceptors (Lipinski definition) is 2. The minimum Gasteiger partial charge on any atom is -0.323 e. The fraction of sp³-hybridized carbons (Fsp3) is 0.562. The van der Waals surface area contributed by atoms with Crippen LogP contribution < -0.4 is 5.32 Å². The van der Waals surface area contributed by atoms with E-state index in [0.29, 0.717) is 0 Å². The molecule has 0 unspecified atom stereocenters. The highest BCUT2D eigenvalue weighted by atomic mass is 16.2. The molecule has 1 N–H and O–H groups in total. The van der Waals surface area contributed by atoms with Gasteiger partial charge >= 0.3 is 6.03 Å². The van der Waals surface area contributed by atoms with Crippen LogP contribution in [0.15, 0.2) is 24.3 Å². The summed E-state index contributed by atoms with van der Waals surface area (Å²) in [4.78, 5) is 16.3. The van der Waals surface area contributed by atoms with Gasteiger partial charge in [0.1, 0.15) is 0 Å². The Morgan fingerprint density at radius 1 is 1.15 bits per heavy atom. The summed E-state index contributed by atoms with van der Waals surface area (Å²) in [7, 11) is 2.10. The highest BCUT2D eigenvalue weighted by Crippen LogP contribution is 2.11. The summed E-state index contributed by atoms with van der Waals surface area (Å²) in [5, 5.41) is 2.96. The number of rotatable bonds is 1. The summed E-state index contributed by atoms with van der Waals surface area (Å²) in [5.74, 6) is 0. The number of nitrogens with one attached hydrogen (secondary N) is 1. The topological polar surface area (TPSA) is 35.6 Å². The second-order valence-electron chi connectivity index (χ2n) is 4.94. The van der Waals surface area contributed by atoms with Crippen molar-refractivity contribution in [3.05, 3.63) is 29.8 Å². The Morgan fingerprint density at radius 2 is 1.90 bits per heavy atom. The largest absolute Gasteiger partial charge is 0.323 e. The molecule has 0 atom stereocenters.